The van der Waals surface area contributed by atoms with E-state index in [1.165, 1.54) is 65.5 Å². The van der Waals surface area contributed by atoms with Gasteiger partial charge in [0.05, 0.1) is 11.0 Å². The van der Waals surface area contributed by atoms with E-state index in [1.54, 1.807) is 0 Å². The van der Waals surface area contributed by atoms with E-state index in [1.807, 2.05) is 11.3 Å². The van der Waals surface area contributed by atoms with Gasteiger partial charge in [-0.2, -0.15) is 11.3 Å². The van der Waals surface area contributed by atoms with Gasteiger partial charge < -0.3 is 9.13 Å². The number of thiophene rings is 1. The van der Waals surface area contributed by atoms with Crippen LogP contribution in [0.25, 0.3) is 54.4 Å². The SMILES string of the molecule is CCn1c2cc(C(C)(C)C)ccc2c2c3cscc3c3c4ccc(C(C)(C)C)cc4n(CC)c3c21. The number of hydrogen-bond acceptors (Lipinski definition) is 1. The van der Waals surface area contributed by atoms with Crippen LogP contribution in [0.2, 0.25) is 0 Å². The minimum atomic E-state index is 0.123. The second-order valence-corrected chi connectivity index (χ2v) is 12.8. The van der Waals surface area contributed by atoms with Crippen LogP contribution in [0, 0.1) is 0 Å². The lowest BCUT2D eigenvalue weighted by Crippen LogP contribution is -2.11. The third kappa shape index (κ3) is 3.07. The molecule has 0 saturated heterocycles. The molecule has 35 heavy (non-hydrogen) atoms. The lowest BCUT2D eigenvalue weighted by atomic mass is 9.86. The van der Waals surface area contributed by atoms with E-state index in [2.05, 4.69) is 112 Å². The second kappa shape index (κ2) is 7.36. The van der Waals surface area contributed by atoms with E-state index in [9.17, 15) is 0 Å². The molecule has 3 aromatic carbocycles. The zero-order chi connectivity index (χ0) is 24.9. The Morgan fingerprint density at radius 2 is 1.00 bits per heavy atom. The molecule has 0 aliphatic rings. The maximum Gasteiger partial charge on any atom is 0.0745 e. The van der Waals surface area contributed by atoms with Crippen LogP contribution in [0.3, 0.4) is 0 Å². The molecule has 0 spiro atoms. The van der Waals surface area contributed by atoms with Crippen molar-refractivity contribution in [1.29, 1.82) is 0 Å². The molecule has 0 N–H and O–H groups in total. The minimum absolute atomic E-state index is 0.123. The standard InChI is InChI=1S/C32H36N2S/c1-9-33-25-15-19(31(3,4)5)11-13-21(25)27-23-17-35-18-24(23)28-22-14-12-20(32(6,7)8)16-26(22)34(10-2)30(28)29(27)33/h11-18H,9-10H2,1-8H3. The van der Waals surface area contributed by atoms with Crippen molar-refractivity contribution in [2.45, 2.75) is 79.3 Å². The minimum Gasteiger partial charge on any atom is -0.339 e. The normalized spacial score (nSPS) is 13.4. The van der Waals surface area contributed by atoms with Crippen LogP contribution >= 0.6 is 11.3 Å². The fourth-order valence-electron chi connectivity index (χ4n) is 6.01. The number of aryl methyl sites for hydroxylation is 2. The average Bonchev–Trinajstić information content (AvgIpc) is 3.48. The number of hydrogen-bond donors (Lipinski definition) is 0. The highest BCUT2D eigenvalue weighted by Gasteiger charge is 2.25. The molecule has 0 unspecified atom stereocenters. The van der Waals surface area contributed by atoms with Gasteiger partial charge in [0.1, 0.15) is 0 Å². The molecule has 0 fully saturated rings. The third-order valence-corrected chi connectivity index (χ3v) is 8.66. The topological polar surface area (TPSA) is 9.86 Å². The predicted molar refractivity (Wildman–Crippen MR) is 157 cm³/mol. The second-order valence-electron chi connectivity index (χ2n) is 12.1. The number of fused-ring (bicyclic) bond motifs is 10. The highest BCUT2D eigenvalue weighted by Crippen LogP contribution is 2.46. The monoisotopic (exact) mass is 480 g/mol. The van der Waals surface area contributed by atoms with Crippen LogP contribution in [-0.4, -0.2) is 9.13 Å². The first-order valence-electron chi connectivity index (χ1n) is 13.0. The Bertz CT molecular complexity index is 1640. The Labute approximate surface area is 212 Å². The van der Waals surface area contributed by atoms with E-state index in [4.69, 9.17) is 0 Å². The van der Waals surface area contributed by atoms with Crippen molar-refractivity contribution in [2.75, 3.05) is 0 Å². The molecule has 6 aromatic rings. The van der Waals surface area contributed by atoms with Crippen molar-refractivity contribution in [3.63, 3.8) is 0 Å². The van der Waals surface area contributed by atoms with Crippen molar-refractivity contribution in [1.82, 2.24) is 9.13 Å². The summed E-state index contributed by atoms with van der Waals surface area (Å²) >= 11 is 1.83. The summed E-state index contributed by atoms with van der Waals surface area (Å²) in [5.74, 6) is 0. The van der Waals surface area contributed by atoms with E-state index in [0.29, 0.717) is 0 Å². The Kier molecular flexibility index (Phi) is 4.77. The largest absolute Gasteiger partial charge is 0.339 e. The fourth-order valence-corrected chi connectivity index (χ4v) is 6.84. The summed E-state index contributed by atoms with van der Waals surface area (Å²) in [6, 6.07) is 14.3. The van der Waals surface area contributed by atoms with Gasteiger partial charge >= 0.3 is 0 Å². The van der Waals surface area contributed by atoms with E-state index in [0.717, 1.165) is 13.1 Å². The van der Waals surface area contributed by atoms with Crippen LogP contribution in [0.4, 0.5) is 0 Å². The van der Waals surface area contributed by atoms with Crippen LogP contribution < -0.4 is 0 Å². The number of nitrogens with zero attached hydrogens (tertiary/aromatic N) is 2. The lowest BCUT2D eigenvalue weighted by molar-refractivity contribution is 0.590. The molecule has 0 atom stereocenters. The smallest absolute Gasteiger partial charge is 0.0745 e. The van der Waals surface area contributed by atoms with Gasteiger partial charge in [-0.3, -0.25) is 0 Å². The highest BCUT2D eigenvalue weighted by molar-refractivity contribution is 7.09. The average molecular weight is 481 g/mol. The summed E-state index contributed by atoms with van der Waals surface area (Å²) in [5, 5.41) is 13.1. The Balaban J connectivity index is 1.91. The fraction of sp³-hybridized carbons (Fsp3) is 0.375. The molecule has 6 rings (SSSR count). The van der Waals surface area contributed by atoms with E-state index >= 15 is 0 Å². The van der Waals surface area contributed by atoms with Gasteiger partial charge in [-0.1, -0.05) is 65.8 Å². The van der Waals surface area contributed by atoms with Gasteiger partial charge in [-0.05, 0) is 58.7 Å². The number of benzene rings is 3. The molecule has 2 nitrogen and oxygen atoms in total. The van der Waals surface area contributed by atoms with Crippen molar-refractivity contribution in [3.8, 4) is 0 Å². The van der Waals surface area contributed by atoms with Gasteiger partial charge in [0.2, 0.25) is 0 Å². The maximum absolute atomic E-state index is 2.58. The first kappa shape index (κ1) is 22.7. The molecular weight excluding hydrogens is 444 g/mol. The summed E-state index contributed by atoms with van der Waals surface area (Å²) in [5.41, 5.74) is 8.54. The first-order chi connectivity index (χ1) is 16.6. The van der Waals surface area contributed by atoms with Crippen molar-refractivity contribution in [3.05, 3.63) is 58.3 Å². The van der Waals surface area contributed by atoms with E-state index < -0.39 is 0 Å². The summed E-state index contributed by atoms with van der Waals surface area (Å²) < 4.78 is 5.16. The summed E-state index contributed by atoms with van der Waals surface area (Å²) in [4.78, 5) is 0. The van der Waals surface area contributed by atoms with Gasteiger partial charge in [0, 0.05) is 56.4 Å². The molecule has 0 amide bonds. The molecule has 180 valence electrons. The zero-order valence-electron chi connectivity index (χ0n) is 22.3. The van der Waals surface area contributed by atoms with Crippen LogP contribution in [0.15, 0.2) is 47.2 Å². The zero-order valence-corrected chi connectivity index (χ0v) is 23.2. The van der Waals surface area contributed by atoms with Crippen molar-refractivity contribution >= 4 is 65.7 Å². The molecule has 0 aliphatic carbocycles. The number of rotatable bonds is 2. The first-order valence-corrected chi connectivity index (χ1v) is 13.9. The molecule has 0 radical (unpaired) electrons. The maximum atomic E-state index is 2.58. The molecule has 0 bridgehead atoms. The van der Waals surface area contributed by atoms with Gasteiger partial charge in [0.15, 0.2) is 0 Å². The molecule has 3 heteroatoms. The van der Waals surface area contributed by atoms with E-state index in [-0.39, 0.29) is 10.8 Å². The van der Waals surface area contributed by atoms with Crippen LogP contribution in [0.5, 0.6) is 0 Å². The molecule has 0 saturated carbocycles. The van der Waals surface area contributed by atoms with Gasteiger partial charge in [-0.25, -0.2) is 0 Å². The molecular formula is C32H36N2S. The van der Waals surface area contributed by atoms with Crippen LogP contribution in [0.1, 0.15) is 66.5 Å². The quantitative estimate of drug-likeness (QED) is 0.233. The molecule has 3 heterocycles. The number of aromatic nitrogens is 2. The summed E-state index contributed by atoms with van der Waals surface area (Å²) in [6.45, 7) is 20.4. The lowest BCUT2D eigenvalue weighted by Gasteiger charge is -2.19. The van der Waals surface area contributed by atoms with Crippen molar-refractivity contribution < 1.29 is 0 Å². The molecule has 0 aliphatic heterocycles. The Morgan fingerprint density at radius 3 is 1.34 bits per heavy atom. The van der Waals surface area contributed by atoms with Crippen LogP contribution in [-0.2, 0) is 23.9 Å². The summed E-state index contributed by atoms with van der Waals surface area (Å²) in [6.07, 6.45) is 0. The van der Waals surface area contributed by atoms with Gasteiger partial charge in [-0.15, -0.1) is 0 Å². The van der Waals surface area contributed by atoms with Crippen molar-refractivity contribution in [2.24, 2.45) is 0 Å². The molecule has 3 aromatic heterocycles. The highest BCUT2D eigenvalue weighted by atomic mass is 32.1. The van der Waals surface area contributed by atoms with Gasteiger partial charge in [0.25, 0.3) is 0 Å². The predicted octanol–water partition coefficient (Wildman–Crippen LogP) is 9.75. The summed E-state index contributed by atoms with van der Waals surface area (Å²) in [7, 11) is 0. The Morgan fingerprint density at radius 1 is 0.600 bits per heavy atom. The third-order valence-electron chi connectivity index (χ3n) is 7.92. The Hall–Kier alpha value is -2.78.